The molecule has 0 atom stereocenters. The molecule has 0 heteroatoms. The van der Waals surface area contributed by atoms with Gasteiger partial charge >= 0.3 is 0 Å². The molecule has 1 rings (SSSR count). The average Bonchev–Trinajstić information content (AvgIpc) is 2.29. The van der Waals surface area contributed by atoms with Gasteiger partial charge in [-0.1, -0.05) is 79.0 Å². The summed E-state index contributed by atoms with van der Waals surface area (Å²) in [6.45, 7) is 0. The van der Waals surface area contributed by atoms with Crippen LogP contribution in [0.15, 0.2) is 79.0 Å². The lowest BCUT2D eigenvalue weighted by molar-refractivity contribution is 1.03. The summed E-state index contributed by atoms with van der Waals surface area (Å²) in [6.07, 6.45) is 31.5. The molecule has 0 aliphatic heterocycles. The molecule has 1 radical (unpaired) electrons. The van der Waals surface area contributed by atoms with E-state index >= 15 is 0 Å². The molecule has 0 saturated heterocycles. The number of rotatable bonds is 0. The Bertz CT molecular complexity index is 321. The third-order valence-electron chi connectivity index (χ3n) is 1.92. The second-order valence-electron chi connectivity index (χ2n) is 3.26. The normalized spacial score (nSPS) is 31.0. The summed E-state index contributed by atoms with van der Waals surface area (Å²) < 4.78 is 0. The minimum Gasteiger partial charge on any atom is -0.0842 e. The van der Waals surface area contributed by atoms with E-state index in [1.54, 1.807) is 0 Å². The van der Waals surface area contributed by atoms with Crippen LogP contribution in [0.5, 0.6) is 0 Å². The van der Waals surface area contributed by atoms with Crippen LogP contribution in [0.25, 0.3) is 0 Å². The van der Waals surface area contributed by atoms with Gasteiger partial charge in [-0.05, 0) is 18.9 Å². The van der Waals surface area contributed by atoms with E-state index in [0.29, 0.717) is 0 Å². The van der Waals surface area contributed by atoms with Gasteiger partial charge in [-0.25, -0.2) is 0 Å². The van der Waals surface area contributed by atoms with Crippen molar-refractivity contribution >= 4 is 0 Å². The molecule has 0 saturated carbocycles. The zero-order valence-electron chi connectivity index (χ0n) is 9.42. The zero-order valence-corrected chi connectivity index (χ0v) is 9.42. The van der Waals surface area contributed by atoms with Crippen molar-refractivity contribution in [3.63, 3.8) is 0 Å². The number of hydrogen-bond donors (Lipinski definition) is 0. The van der Waals surface area contributed by atoms with Gasteiger partial charge in [0.05, 0.1) is 0 Å². The monoisotopic (exact) mass is 209 g/mol. The highest BCUT2D eigenvalue weighted by molar-refractivity contribution is 5.20. The summed E-state index contributed by atoms with van der Waals surface area (Å²) in [5, 5.41) is 0. The summed E-state index contributed by atoms with van der Waals surface area (Å²) in [6, 6.07) is 0. The van der Waals surface area contributed by atoms with Gasteiger partial charge in [-0.15, -0.1) is 0 Å². The molecule has 16 heavy (non-hydrogen) atoms. The van der Waals surface area contributed by atoms with E-state index in [4.69, 9.17) is 0 Å². The van der Waals surface area contributed by atoms with E-state index in [1.807, 2.05) is 66.8 Å². The molecule has 0 heterocycles. The standard InChI is InChI=1S/C16H17/c1-2-4-6-8-10-12-14-16-15-13-11-9-7-5-3-1/h1-13H,14,16H2/b3-1-,4-2+,7-5+,8-6+,11-9+,12-10-,15-13?. The molecule has 0 fully saturated rings. The van der Waals surface area contributed by atoms with Gasteiger partial charge in [0.2, 0.25) is 0 Å². The van der Waals surface area contributed by atoms with Crippen molar-refractivity contribution in [2.75, 3.05) is 0 Å². The van der Waals surface area contributed by atoms with Crippen LogP contribution in [-0.4, -0.2) is 0 Å². The van der Waals surface area contributed by atoms with E-state index in [1.165, 1.54) is 0 Å². The lowest BCUT2D eigenvalue weighted by atomic mass is 10.2. The van der Waals surface area contributed by atoms with E-state index < -0.39 is 0 Å². The largest absolute Gasteiger partial charge is 0.0842 e. The summed E-state index contributed by atoms with van der Waals surface area (Å²) in [7, 11) is 0. The molecule has 0 N–H and O–H groups in total. The molecule has 0 aromatic heterocycles. The molecule has 1 aliphatic rings. The Balaban J connectivity index is 2.57. The summed E-state index contributed by atoms with van der Waals surface area (Å²) in [4.78, 5) is 0. The van der Waals surface area contributed by atoms with Crippen molar-refractivity contribution in [1.82, 2.24) is 0 Å². The Kier molecular flexibility index (Phi) is 7.45. The maximum absolute atomic E-state index is 3.21. The Morgan fingerprint density at radius 1 is 0.562 bits per heavy atom. The smallest absolute Gasteiger partial charge is 0.0241 e. The van der Waals surface area contributed by atoms with Crippen LogP contribution in [0.3, 0.4) is 0 Å². The fourth-order valence-electron chi connectivity index (χ4n) is 1.13. The van der Waals surface area contributed by atoms with E-state index in [2.05, 4.69) is 18.2 Å². The number of allylic oxidation sites excluding steroid dienone is 14. The molecule has 0 unspecified atom stereocenters. The van der Waals surface area contributed by atoms with E-state index in [0.717, 1.165) is 12.8 Å². The Hall–Kier alpha value is -1.82. The Labute approximate surface area is 98.4 Å². The van der Waals surface area contributed by atoms with Crippen LogP contribution in [0, 0.1) is 6.08 Å². The quantitative estimate of drug-likeness (QED) is 0.552. The van der Waals surface area contributed by atoms with Gasteiger partial charge in [0.25, 0.3) is 0 Å². The highest BCUT2D eigenvalue weighted by Crippen LogP contribution is 1.94. The molecular weight excluding hydrogens is 192 g/mol. The van der Waals surface area contributed by atoms with Crippen LogP contribution in [0.4, 0.5) is 0 Å². The Morgan fingerprint density at radius 2 is 1.06 bits per heavy atom. The molecule has 0 spiro atoms. The Morgan fingerprint density at radius 3 is 1.69 bits per heavy atom. The highest BCUT2D eigenvalue weighted by atomic mass is 13.8. The lowest BCUT2D eigenvalue weighted by Crippen LogP contribution is -1.64. The van der Waals surface area contributed by atoms with Crippen LogP contribution in [0.2, 0.25) is 0 Å². The van der Waals surface area contributed by atoms with Crippen molar-refractivity contribution in [2.24, 2.45) is 0 Å². The van der Waals surface area contributed by atoms with Crippen molar-refractivity contribution < 1.29 is 0 Å². The predicted octanol–water partition coefficient (Wildman–Crippen LogP) is 4.48. The van der Waals surface area contributed by atoms with Crippen LogP contribution >= 0.6 is 0 Å². The first-order valence-electron chi connectivity index (χ1n) is 5.55. The molecule has 0 aromatic rings. The van der Waals surface area contributed by atoms with E-state index in [9.17, 15) is 0 Å². The van der Waals surface area contributed by atoms with Gasteiger partial charge in [0.1, 0.15) is 0 Å². The highest BCUT2D eigenvalue weighted by Gasteiger charge is 1.74. The second kappa shape index (κ2) is 9.72. The second-order valence-corrected chi connectivity index (χ2v) is 3.26. The maximum atomic E-state index is 3.21. The molecular formula is C16H17. The van der Waals surface area contributed by atoms with Crippen LogP contribution in [-0.2, 0) is 0 Å². The van der Waals surface area contributed by atoms with Crippen molar-refractivity contribution in [3.8, 4) is 0 Å². The van der Waals surface area contributed by atoms with Crippen LogP contribution < -0.4 is 0 Å². The third kappa shape index (κ3) is 7.57. The van der Waals surface area contributed by atoms with Gasteiger partial charge < -0.3 is 0 Å². The first kappa shape index (κ1) is 12.3. The van der Waals surface area contributed by atoms with Crippen molar-refractivity contribution in [1.29, 1.82) is 0 Å². The third-order valence-corrected chi connectivity index (χ3v) is 1.92. The molecule has 0 aromatic carbocycles. The topological polar surface area (TPSA) is 0 Å². The SMILES string of the molecule is [C]1=C/C=C/C=C/C=C\C=C\C=C\C=C/CC\1. The van der Waals surface area contributed by atoms with Gasteiger partial charge in [0, 0.05) is 0 Å². The summed E-state index contributed by atoms with van der Waals surface area (Å²) in [5.74, 6) is 0. The first-order chi connectivity index (χ1) is 8.00. The molecule has 0 bridgehead atoms. The van der Waals surface area contributed by atoms with Crippen molar-refractivity contribution in [3.05, 3.63) is 85.1 Å². The van der Waals surface area contributed by atoms with Gasteiger partial charge in [0.15, 0.2) is 0 Å². The molecule has 1 aliphatic carbocycles. The van der Waals surface area contributed by atoms with Crippen LogP contribution in [0.1, 0.15) is 12.8 Å². The predicted molar refractivity (Wildman–Crippen MR) is 71.9 cm³/mol. The average molecular weight is 209 g/mol. The molecule has 0 amide bonds. The van der Waals surface area contributed by atoms with Crippen molar-refractivity contribution in [2.45, 2.75) is 12.8 Å². The minimum atomic E-state index is 0.966. The fraction of sp³-hybridized carbons (Fsp3) is 0.125. The minimum absolute atomic E-state index is 0.966. The fourth-order valence-corrected chi connectivity index (χ4v) is 1.13. The van der Waals surface area contributed by atoms with Gasteiger partial charge in [-0.2, -0.15) is 0 Å². The molecule has 0 nitrogen and oxygen atoms in total. The first-order valence-corrected chi connectivity index (χ1v) is 5.55. The van der Waals surface area contributed by atoms with E-state index in [-0.39, 0.29) is 0 Å². The van der Waals surface area contributed by atoms with Gasteiger partial charge in [-0.3, -0.25) is 0 Å². The summed E-state index contributed by atoms with van der Waals surface area (Å²) in [5.41, 5.74) is 0. The molecule has 81 valence electrons. The zero-order chi connectivity index (χ0) is 11.3. The number of hydrogen-bond acceptors (Lipinski definition) is 0. The summed E-state index contributed by atoms with van der Waals surface area (Å²) >= 11 is 0. The lowest BCUT2D eigenvalue weighted by Gasteiger charge is -1.83. The maximum Gasteiger partial charge on any atom is -0.0241 e.